The van der Waals surface area contributed by atoms with Crippen molar-refractivity contribution in [3.63, 3.8) is 0 Å². The number of ether oxygens (including phenoxy) is 2. The molecular formula is C27H33BrN6O4. The number of aryl methyl sites for hydroxylation is 2. The van der Waals surface area contributed by atoms with Crippen molar-refractivity contribution < 1.29 is 14.3 Å². The molecule has 1 saturated carbocycles. The van der Waals surface area contributed by atoms with E-state index in [-0.39, 0.29) is 16.7 Å². The highest BCUT2D eigenvalue weighted by Crippen LogP contribution is 2.42. The van der Waals surface area contributed by atoms with E-state index in [1.54, 1.807) is 25.0 Å². The van der Waals surface area contributed by atoms with Crippen molar-refractivity contribution in [3.8, 4) is 17.0 Å². The fraction of sp³-hybridized carbons (Fsp3) is 0.444. The predicted molar refractivity (Wildman–Crippen MR) is 149 cm³/mol. The van der Waals surface area contributed by atoms with Gasteiger partial charge in [0.05, 0.1) is 46.9 Å². The van der Waals surface area contributed by atoms with Gasteiger partial charge in [0.15, 0.2) is 0 Å². The van der Waals surface area contributed by atoms with Crippen molar-refractivity contribution in [1.29, 1.82) is 0 Å². The molecule has 2 fully saturated rings. The van der Waals surface area contributed by atoms with Gasteiger partial charge in [-0.15, -0.1) is 0 Å². The normalized spacial score (nSPS) is 20.9. The zero-order valence-corrected chi connectivity index (χ0v) is 23.5. The Bertz CT molecular complexity index is 1420. The molecule has 10 nitrogen and oxygen atoms in total. The maximum atomic E-state index is 12.9. The second-order valence-electron chi connectivity index (χ2n) is 10.2. The molecule has 3 aromatic rings. The molecule has 2 atom stereocenters. The van der Waals surface area contributed by atoms with E-state index in [0.29, 0.717) is 29.7 Å². The Balaban J connectivity index is 1.30. The third-order valence-electron chi connectivity index (χ3n) is 7.65. The average Bonchev–Trinajstić information content (AvgIpc) is 3.37. The number of hydrogen-bond donors (Lipinski definition) is 2. The van der Waals surface area contributed by atoms with Crippen LogP contribution in [0.5, 0.6) is 5.88 Å². The molecular weight excluding hydrogens is 552 g/mol. The molecule has 1 aromatic carbocycles. The SMILES string of the molecule is COC(=O)c1cc(-c2cnn(C)c2OCCN2CC3(Nc4cc(Br)ccc4N)CCCC2C3)c(=O)n(C)c1. The Hall–Kier alpha value is -3.31. The lowest BCUT2D eigenvalue weighted by molar-refractivity contribution is 0.0599. The maximum Gasteiger partial charge on any atom is 0.339 e. The lowest BCUT2D eigenvalue weighted by atomic mass is 9.83. The smallest absolute Gasteiger partial charge is 0.339 e. The second-order valence-corrected chi connectivity index (χ2v) is 11.2. The lowest BCUT2D eigenvalue weighted by Gasteiger charge is -2.34. The van der Waals surface area contributed by atoms with Crippen molar-refractivity contribution in [1.82, 2.24) is 19.2 Å². The topological polar surface area (TPSA) is 117 Å². The van der Waals surface area contributed by atoms with Gasteiger partial charge in [-0.25, -0.2) is 9.48 Å². The molecule has 3 N–H and O–H groups in total. The summed E-state index contributed by atoms with van der Waals surface area (Å²) in [5.41, 5.74) is 8.87. The summed E-state index contributed by atoms with van der Waals surface area (Å²) >= 11 is 3.55. The number of pyridine rings is 1. The molecule has 38 heavy (non-hydrogen) atoms. The van der Waals surface area contributed by atoms with Crippen molar-refractivity contribution >= 4 is 33.3 Å². The Morgan fingerprint density at radius 1 is 1.29 bits per heavy atom. The number of nitrogens with one attached hydrogen (secondary N) is 1. The van der Waals surface area contributed by atoms with Crippen LogP contribution in [0.1, 0.15) is 36.0 Å². The lowest BCUT2D eigenvalue weighted by Crippen LogP contribution is -2.42. The molecule has 202 valence electrons. The quantitative estimate of drug-likeness (QED) is 0.305. The Morgan fingerprint density at radius 3 is 2.89 bits per heavy atom. The molecule has 1 aliphatic heterocycles. The number of nitrogens with zero attached hydrogens (tertiary/aromatic N) is 4. The van der Waals surface area contributed by atoms with E-state index >= 15 is 0 Å². The van der Waals surface area contributed by atoms with E-state index in [0.717, 1.165) is 54.6 Å². The number of carbonyl (C=O) groups excluding carboxylic acids is 1. The fourth-order valence-electron chi connectivity index (χ4n) is 5.82. The first kappa shape index (κ1) is 26.3. The van der Waals surface area contributed by atoms with Gasteiger partial charge in [-0.2, -0.15) is 5.10 Å². The van der Waals surface area contributed by atoms with Crippen LogP contribution < -0.4 is 21.3 Å². The van der Waals surface area contributed by atoms with E-state index in [1.807, 2.05) is 18.2 Å². The molecule has 1 aliphatic carbocycles. The van der Waals surface area contributed by atoms with Crippen LogP contribution in [-0.2, 0) is 18.8 Å². The zero-order valence-electron chi connectivity index (χ0n) is 21.9. The summed E-state index contributed by atoms with van der Waals surface area (Å²) in [6.07, 6.45) is 7.53. The number of fused-ring (bicyclic) bond motifs is 2. The van der Waals surface area contributed by atoms with Gasteiger partial charge in [-0.1, -0.05) is 15.9 Å². The maximum absolute atomic E-state index is 12.9. The second kappa shape index (κ2) is 10.5. The minimum absolute atomic E-state index is 0.0178. The van der Waals surface area contributed by atoms with Crippen LogP contribution in [-0.4, -0.2) is 63.6 Å². The van der Waals surface area contributed by atoms with Gasteiger partial charge in [0, 0.05) is 43.9 Å². The molecule has 0 spiro atoms. The molecule has 2 bridgehead atoms. The predicted octanol–water partition coefficient (Wildman–Crippen LogP) is 3.41. The highest BCUT2D eigenvalue weighted by atomic mass is 79.9. The Kier molecular flexibility index (Phi) is 7.23. The highest BCUT2D eigenvalue weighted by Gasteiger charge is 2.46. The van der Waals surface area contributed by atoms with Gasteiger partial charge in [-0.05, 0) is 49.9 Å². The summed E-state index contributed by atoms with van der Waals surface area (Å²) in [5, 5.41) is 8.10. The van der Waals surface area contributed by atoms with Crippen LogP contribution in [0.2, 0.25) is 0 Å². The van der Waals surface area contributed by atoms with Gasteiger partial charge in [0.2, 0.25) is 5.88 Å². The number of aromatic nitrogens is 3. The third-order valence-corrected chi connectivity index (χ3v) is 8.15. The summed E-state index contributed by atoms with van der Waals surface area (Å²) in [4.78, 5) is 27.5. The minimum atomic E-state index is -0.513. The largest absolute Gasteiger partial charge is 0.476 e. The first-order chi connectivity index (χ1) is 18.2. The van der Waals surface area contributed by atoms with Crippen LogP contribution in [0.3, 0.4) is 0 Å². The Labute approximate surface area is 229 Å². The molecule has 5 rings (SSSR count). The summed E-state index contributed by atoms with van der Waals surface area (Å²) in [7, 11) is 4.69. The number of esters is 1. The molecule has 0 radical (unpaired) electrons. The number of halogens is 1. The number of nitrogens with two attached hydrogens (primary N) is 1. The van der Waals surface area contributed by atoms with E-state index in [2.05, 4.69) is 31.2 Å². The van der Waals surface area contributed by atoms with E-state index < -0.39 is 5.97 Å². The molecule has 11 heteroatoms. The number of methoxy groups -OCH3 is 1. The average molecular weight is 586 g/mol. The number of likely N-dealkylation sites (tertiary alicyclic amines) is 1. The summed E-state index contributed by atoms with van der Waals surface area (Å²) < 4.78 is 15.1. The van der Waals surface area contributed by atoms with E-state index in [9.17, 15) is 9.59 Å². The first-order valence-electron chi connectivity index (χ1n) is 12.7. The van der Waals surface area contributed by atoms with Gasteiger partial charge >= 0.3 is 5.97 Å². The van der Waals surface area contributed by atoms with Gasteiger partial charge in [-0.3, -0.25) is 9.69 Å². The number of hydrogen-bond acceptors (Lipinski definition) is 8. The number of carbonyl (C=O) groups is 1. The molecule has 2 unspecified atom stereocenters. The molecule has 3 heterocycles. The summed E-state index contributed by atoms with van der Waals surface area (Å²) in [6, 6.07) is 7.93. The highest BCUT2D eigenvalue weighted by molar-refractivity contribution is 9.10. The van der Waals surface area contributed by atoms with Crippen molar-refractivity contribution in [2.75, 3.05) is 37.9 Å². The number of benzene rings is 1. The first-order valence-corrected chi connectivity index (χ1v) is 13.5. The fourth-order valence-corrected chi connectivity index (χ4v) is 6.18. The molecule has 0 amide bonds. The van der Waals surface area contributed by atoms with Crippen molar-refractivity contribution in [2.24, 2.45) is 14.1 Å². The standard InChI is InChI=1S/C27H33BrN6O4/c1-32-15-17(26(36)37-3)11-20(24(32)35)21-14-30-33(2)25(21)38-10-9-34-16-27(8-4-5-19(34)13-27)31-23-12-18(28)6-7-22(23)29/h6-7,11-12,14-15,19,31H,4-5,8-10,13,16,29H2,1-3H3. The van der Waals surface area contributed by atoms with Crippen LogP contribution in [0.15, 0.2) is 45.9 Å². The van der Waals surface area contributed by atoms with Gasteiger partial charge < -0.3 is 25.1 Å². The van der Waals surface area contributed by atoms with Crippen molar-refractivity contribution in [2.45, 2.75) is 37.3 Å². The number of nitrogen functional groups attached to an aromatic ring is 1. The van der Waals surface area contributed by atoms with E-state index in [1.165, 1.54) is 23.9 Å². The van der Waals surface area contributed by atoms with Crippen molar-refractivity contribution in [3.05, 3.63) is 57.0 Å². The summed E-state index contributed by atoms with van der Waals surface area (Å²) in [6.45, 7) is 2.09. The number of anilines is 2. The third kappa shape index (κ3) is 5.04. The summed E-state index contributed by atoms with van der Waals surface area (Å²) in [5.74, 6) is -0.0263. The van der Waals surface area contributed by atoms with Crippen LogP contribution >= 0.6 is 15.9 Å². The van der Waals surface area contributed by atoms with Crippen LogP contribution in [0.25, 0.3) is 11.1 Å². The van der Waals surface area contributed by atoms with E-state index in [4.69, 9.17) is 15.2 Å². The van der Waals surface area contributed by atoms with Gasteiger partial charge in [0.25, 0.3) is 5.56 Å². The molecule has 2 aliphatic rings. The molecule has 1 saturated heterocycles. The minimum Gasteiger partial charge on any atom is -0.476 e. The Morgan fingerprint density at radius 2 is 2.11 bits per heavy atom. The van der Waals surface area contributed by atoms with Crippen LogP contribution in [0.4, 0.5) is 11.4 Å². The van der Waals surface area contributed by atoms with Gasteiger partial charge in [0.1, 0.15) is 6.61 Å². The van der Waals surface area contributed by atoms with Crippen LogP contribution in [0, 0.1) is 0 Å². The molecule has 2 aromatic heterocycles. The number of rotatable bonds is 8. The zero-order chi connectivity index (χ0) is 27.0. The monoisotopic (exact) mass is 584 g/mol.